The molecule has 6 heteroatoms. The molecule has 0 aliphatic carbocycles. The summed E-state index contributed by atoms with van der Waals surface area (Å²) in [6, 6.07) is 6.99. The molecule has 0 fully saturated rings. The van der Waals surface area contributed by atoms with E-state index < -0.39 is 0 Å². The highest BCUT2D eigenvalue weighted by Gasteiger charge is 2.13. The number of hydrogen-bond acceptors (Lipinski definition) is 4. The van der Waals surface area contributed by atoms with Crippen LogP contribution in [0.4, 0.5) is 5.69 Å². The van der Waals surface area contributed by atoms with Crippen molar-refractivity contribution in [2.24, 2.45) is 0 Å². The number of nitrogens with one attached hydrogen (secondary N) is 1. The smallest absolute Gasteiger partial charge is 0.253 e. The van der Waals surface area contributed by atoms with Crippen molar-refractivity contribution in [3.05, 3.63) is 46.8 Å². The van der Waals surface area contributed by atoms with Gasteiger partial charge >= 0.3 is 0 Å². The molecule has 0 radical (unpaired) electrons. The number of rotatable bonds is 7. The molecule has 0 aliphatic rings. The minimum atomic E-state index is -0.0807. The lowest BCUT2D eigenvalue weighted by Gasteiger charge is -2.18. The molecule has 0 saturated carbocycles. The number of anilines is 1. The first-order chi connectivity index (χ1) is 12.0. The average molecular weight is 343 g/mol. The number of nitrogens with zero attached hydrogens (tertiary/aromatic N) is 2. The summed E-state index contributed by atoms with van der Waals surface area (Å²) in [4.78, 5) is 26.1. The van der Waals surface area contributed by atoms with Crippen LogP contribution in [0, 0.1) is 13.8 Å². The van der Waals surface area contributed by atoms with E-state index in [1.165, 1.54) is 0 Å². The van der Waals surface area contributed by atoms with Gasteiger partial charge in [-0.15, -0.1) is 0 Å². The van der Waals surface area contributed by atoms with Gasteiger partial charge in [-0.2, -0.15) is 0 Å². The van der Waals surface area contributed by atoms with Crippen LogP contribution in [0.5, 0.6) is 0 Å². The quantitative estimate of drug-likeness (QED) is 0.836. The predicted molar refractivity (Wildman–Crippen MR) is 96.6 cm³/mol. The lowest BCUT2D eigenvalue weighted by Crippen LogP contribution is -2.30. The summed E-state index contributed by atoms with van der Waals surface area (Å²) in [5.41, 5.74) is 3.11. The zero-order valence-corrected chi connectivity index (χ0v) is 15.3. The Hall–Kier alpha value is -2.63. The summed E-state index contributed by atoms with van der Waals surface area (Å²) >= 11 is 0. The molecule has 0 aliphatic heterocycles. The number of aromatic nitrogens is 1. The van der Waals surface area contributed by atoms with Gasteiger partial charge in [0.25, 0.3) is 5.91 Å². The van der Waals surface area contributed by atoms with Crippen LogP contribution in [0.2, 0.25) is 0 Å². The van der Waals surface area contributed by atoms with Crippen LogP contribution >= 0.6 is 0 Å². The number of aryl methyl sites for hydroxylation is 2. The lowest BCUT2D eigenvalue weighted by atomic mass is 10.1. The van der Waals surface area contributed by atoms with Crippen LogP contribution in [0.25, 0.3) is 0 Å². The number of carbonyl (C=O) groups is 2. The number of amides is 2. The zero-order chi connectivity index (χ0) is 18.4. The first-order valence-electron chi connectivity index (χ1n) is 8.57. The SMILES string of the molecule is CCN(CC)C(=O)c1ccc(NC(=O)CCc2c(C)noc2C)cc1. The summed E-state index contributed by atoms with van der Waals surface area (Å²) in [7, 11) is 0. The average Bonchev–Trinajstić information content (AvgIpc) is 2.93. The standard InChI is InChI=1S/C19H25N3O3/c1-5-22(6-2)19(24)15-7-9-16(10-8-15)20-18(23)12-11-17-13(3)21-25-14(17)4/h7-10H,5-6,11-12H2,1-4H3,(H,20,23). The largest absolute Gasteiger partial charge is 0.361 e. The van der Waals surface area contributed by atoms with Crippen LogP contribution in [0.15, 0.2) is 28.8 Å². The van der Waals surface area contributed by atoms with Crippen molar-refractivity contribution < 1.29 is 14.1 Å². The minimum absolute atomic E-state index is 0.00119. The summed E-state index contributed by atoms with van der Waals surface area (Å²) in [6.45, 7) is 8.98. The molecule has 1 aromatic carbocycles. The molecule has 6 nitrogen and oxygen atoms in total. The van der Waals surface area contributed by atoms with Gasteiger partial charge in [0.05, 0.1) is 5.69 Å². The fourth-order valence-corrected chi connectivity index (χ4v) is 2.71. The van der Waals surface area contributed by atoms with Crippen LogP contribution < -0.4 is 5.32 Å². The van der Waals surface area contributed by atoms with E-state index in [0.29, 0.717) is 37.2 Å². The van der Waals surface area contributed by atoms with Crippen molar-refractivity contribution in [3.63, 3.8) is 0 Å². The number of hydrogen-bond donors (Lipinski definition) is 1. The molecule has 0 saturated heterocycles. The Balaban J connectivity index is 1.92. The Morgan fingerprint density at radius 1 is 1.12 bits per heavy atom. The Bertz CT molecular complexity index is 711. The fourth-order valence-electron chi connectivity index (χ4n) is 2.71. The van der Waals surface area contributed by atoms with Gasteiger partial charge in [-0.3, -0.25) is 9.59 Å². The lowest BCUT2D eigenvalue weighted by molar-refractivity contribution is -0.116. The second-order valence-electron chi connectivity index (χ2n) is 5.91. The summed E-state index contributed by atoms with van der Waals surface area (Å²) in [5, 5.41) is 6.74. The topological polar surface area (TPSA) is 75.4 Å². The molecular formula is C19H25N3O3. The van der Waals surface area contributed by atoms with Crippen LogP contribution in [0.3, 0.4) is 0 Å². The highest BCUT2D eigenvalue weighted by molar-refractivity contribution is 5.95. The van der Waals surface area contributed by atoms with Crippen LogP contribution in [-0.4, -0.2) is 35.0 Å². The summed E-state index contributed by atoms with van der Waals surface area (Å²) < 4.78 is 5.10. The maximum Gasteiger partial charge on any atom is 0.253 e. The Morgan fingerprint density at radius 3 is 2.28 bits per heavy atom. The van der Waals surface area contributed by atoms with Crippen molar-refractivity contribution in [2.75, 3.05) is 18.4 Å². The van der Waals surface area contributed by atoms with Crippen molar-refractivity contribution >= 4 is 17.5 Å². The number of carbonyl (C=O) groups excluding carboxylic acids is 2. The van der Waals surface area contributed by atoms with Crippen molar-refractivity contribution in [1.82, 2.24) is 10.1 Å². The van der Waals surface area contributed by atoms with Gasteiger partial charge in [-0.25, -0.2) is 0 Å². The molecular weight excluding hydrogens is 318 g/mol. The monoisotopic (exact) mass is 343 g/mol. The van der Waals surface area contributed by atoms with E-state index in [1.54, 1.807) is 29.2 Å². The molecule has 0 bridgehead atoms. The molecule has 0 spiro atoms. The van der Waals surface area contributed by atoms with E-state index in [1.807, 2.05) is 27.7 Å². The molecule has 2 rings (SSSR count). The van der Waals surface area contributed by atoms with Crippen LogP contribution in [0.1, 0.15) is 47.6 Å². The molecule has 134 valence electrons. The van der Waals surface area contributed by atoms with E-state index in [2.05, 4.69) is 10.5 Å². The maximum atomic E-state index is 12.3. The van der Waals surface area contributed by atoms with Crippen molar-refractivity contribution in [3.8, 4) is 0 Å². The predicted octanol–water partition coefficient (Wildman–Crippen LogP) is 3.34. The van der Waals surface area contributed by atoms with E-state index in [4.69, 9.17) is 4.52 Å². The molecule has 0 unspecified atom stereocenters. The number of benzene rings is 1. The van der Waals surface area contributed by atoms with Gasteiger partial charge in [0, 0.05) is 36.3 Å². The maximum absolute atomic E-state index is 12.3. The molecule has 2 amide bonds. The van der Waals surface area contributed by atoms with E-state index in [0.717, 1.165) is 17.0 Å². The molecule has 0 atom stereocenters. The Morgan fingerprint density at radius 2 is 1.76 bits per heavy atom. The molecule has 1 heterocycles. The van der Waals surface area contributed by atoms with Gasteiger partial charge in [0.2, 0.25) is 5.91 Å². The van der Waals surface area contributed by atoms with Gasteiger partial charge in [0.15, 0.2) is 0 Å². The molecule has 1 N–H and O–H groups in total. The third kappa shape index (κ3) is 4.68. The fraction of sp³-hybridized carbons (Fsp3) is 0.421. The highest BCUT2D eigenvalue weighted by Crippen LogP contribution is 2.16. The van der Waals surface area contributed by atoms with Crippen molar-refractivity contribution in [2.45, 2.75) is 40.5 Å². The van der Waals surface area contributed by atoms with E-state index >= 15 is 0 Å². The first kappa shape index (κ1) is 18.7. The summed E-state index contributed by atoms with van der Waals surface area (Å²) in [5.74, 6) is 0.675. The molecule has 2 aromatic rings. The van der Waals surface area contributed by atoms with Crippen LogP contribution in [-0.2, 0) is 11.2 Å². The molecule has 25 heavy (non-hydrogen) atoms. The van der Waals surface area contributed by atoms with Gasteiger partial charge in [-0.05, 0) is 58.4 Å². The van der Waals surface area contributed by atoms with Gasteiger partial charge < -0.3 is 14.7 Å². The van der Waals surface area contributed by atoms with Gasteiger partial charge in [-0.1, -0.05) is 5.16 Å². The second-order valence-corrected chi connectivity index (χ2v) is 5.91. The van der Waals surface area contributed by atoms with Crippen molar-refractivity contribution in [1.29, 1.82) is 0 Å². The first-order valence-corrected chi connectivity index (χ1v) is 8.57. The molecule has 1 aromatic heterocycles. The Labute approximate surface area is 148 Å². The van der Waals surface area contributed by atoms with E-state index in [-0.39, 0.29) is 11.8 Å². The highest BCUT2D eigenvalue weighted by atomic mass is 16.5. The van der Waals surface area contributed by atoms with E-state index in [9.17, 15) is 9.59 Å². The van der Waals surface area contributed by atoms with Gasteiger partial charge in [0.1, 0.15) is 5.76 Å². The normalized spacial score (nSPS) is 10.6. The Kier molecular flexibility index (Phi) is 6.33. The summed E-state index contributed by atoms with van der Waals surface area (Å²) in [6.07, 6.45) is 0.939. The second kappa shape index (κ2) is 8.46. The zero-order valence-electron chi connectivity index (χ0n) is 15.3. The minimum Gasteiger partial charge on any atom is -0.361 e. The third-order valence-corrected chi connectivity index (χ3v) is 4.25. The third-order valence-electron chi connectivity index (χ3n) is 4.25.